The zero-order valence-electron chi connectivity index (χ0n) is 7.99. The van der Waals surface area contributed by atoms with E-state index in [1.165, 1.54) is 0 Å². The molecule has 1 atom stereocenters. The smallest absolute Gasteiger partial charge is 0.227 e. The fourth-order valence-corrected chi connectivity index (χ4v) is 2.77. The molecule has 0 N–H and O–H groups in total. The van der Waals surface area contributed by atoms with Gasteiger partial charge >= 0.3 is 0 Å². The molecule has 3 nitrogen and oxygen atoms in total. The summed E-state index contributed by atoms with van der Waals surface area (Å²) in [7, 11) is 0. The van der Waals surface area contributed by atoms with E-state index in [0.717, 1.165) is 21.1 Å². The average Bonchev–Trinajstić information content (AvgIpc) is 2.60. The van der Waals surface area contributed by atoms with Gasteiger partial charge in [0.25, 0.3) is 0 Å². The molecule has 80 valence electrons. The molecule has 1 saturated heterocycles. The maximum atomic E-state index is 11.8. The molecule has 0 radical (unpaired) electrons. The lowest BCUT2D eigenvalue weighted by Gasteiger charge is -2.17. The largest absolute Gasteiger partial charge is 0.311 e. The van der Waals surface area contributed by atoms with Gasteiger partial charge in [0.15, 0.2) is 0 Å². The molecule has 0 aromatic carbocycles. The van der Waals surface area contributed by atoms with Crippen LogP contribution in [0, 0.1) is 9.49 Å². The molecule has 1 unspecified atom stereocenters. The third kappa shape index (κ3) is 2.33. The van der Waals surface area contributed by atoms with Crippen LogP contribution in [0.1, 0.15) is 6.42 Å². The number of carbonyl (C=O) groups excluding carboxylic acids is 1. The average molecular weight is 381 g/mol. The third-order valence-electron chi connectivity index (χ3n) is 2.47. The van der Waals surface area contributed by atoms with E-state index in [-0.39, 0.29) is 5.91 Å². The Labute approximate surface area is 111 Å². The van der Waals surface area contributed by atoms with Crippen LogP contribution in [-0.4, -0.2) is 22.8 Å². The Morgan fingerprint density at radius 1 is 1.67 bits per heavy atom. The molecule has 2 rings (SSSR count). The Bertz CT molecular complexity index is 385. The molecule has 5 heteroatoms. The van der Waals surface area contributed by atoms with Gasteiger partial charge in [-0.25, -0.2) is 0 Å². The number of rotatable bonds is 2. The SMILES string of the molecule is O=C1CC(CBr)CN1c1ccncc1I. The third-order valence-corrected chi connectivity index (χ3v) is 4.21. The van der Waals surface area contributed by atoms with Crippen molar-refractivity contribution in [2.45, 2.75) is 6.42 Å². The summed E-state index contributed by atoms with van der Waals surface area (Å²) in [6.07, 6.45) is 4.15. The zero-order chi connectivity index (χ0) is 10.8. The van der Waals surface area contributed by atoms with E-state index >= 15 is 0 Å². The van der Waals surface area contributed by atoms with Crippen LogP contribution in [-0.2, 0) is 4.79 Å². The maximum absolute atomic E-state index is 11.8. The second-order valence-electron chi connectivity index (χ2n) is 3.56. The van der Waals surface area contributed by atoms with Crippen molar-refractivity contribution in [3.63, 3.8) is 0 Å². The molecule has 0 aliphatic carbocycles. The number of nitrogens with zero attached hydrogens (tertiary/aromatic N) is 2. The van der Waals surface area contributed by atoms with Gasteiger partial charge in [0.1, 0.15) is 0 Å². The van der Waals surface area contributed by atoms with Crippen LogP contribution < -0.4 is 4.90 Å². The van der Waals surface area contributed by atoms with E-state index in [0.29, 0.717) is 12.3 Å². The van der Waals surface area contributed by atoms with Gasteiger partial charge in [-0.2, -0.15) is 0 Å². The normalized spacial score (nSPS) is 21.1. The Morgan fingerprint density at radius 2 is 2.47 bits per heavy atom. The number of hydrogen-bond acceptors (Lipinski definition) is 2. The number of amides is 1. The molecular weight excluding hydrogens is 371 g/mol. The van der Waals surface area contributed by atoms with Crippen LogP contribution >= 0.6 is 38.5 Å². The summed E-state index contributed by atoms with van der Waals surface area (Å²) in [6.45, 7) is 0.810. The predicted octanol–water partition coefficient (Wildman–Crippen LogP) is 2.43. The fourth-order valence-electron chi connectivity index (χ4n) is 1.70. The van der Waals surface area contributed by atoms with Crippen molar-refractivity contribution in [1.29, 1.82) is 0 Å². The predicted molar refractivity (Wildman–Crippen MR) is 71.2 cm³/mol. The number of halogens is 2. The zero-order valence-corrected chi connectivity index (χ0v) is 11.7. The number of alkyl halides is 1. The van der Waals surface area contributed by atoms with Gasteiger partial charge in [-0.1, -0.05) is 15.9 Å². The molecule has 1 aromatic rings. The van der Waals surface area contributed by atoms with E-state index in [1.807, 2.05) is 11.0 Å². The minimum atomic E-state index is 0.212. The van der Waals surface area contributed by atoms with Crippen LogP contribution in [0.5, 0.6) is 0 Å². The molecule has 1 amide bonds. The summed E-state index contributed by atoms with van der Waals surface area (Å²) in [5.41, 5.74) is 0.985. The molecule has 15 heavy (non-hydrogen) atoms. The van der Waals surface area contributed by atoms with E-state index in [4.69, 9.17) is 0 Å². The van der Waals surface area contributed by atoms with Gasteiger partial charge in [-0.15, -0.1) is 0 Å². The fraction of sp³-hybridized carbons (Fsp3) is 0.400. The van der Waals surface area contributed by atoms with Crippen molar-refractivity contribution in [3.8, 4) is 0 Å². The van der Waals surface area contributed by atoms with Crippen molar-refractivity contribution < 1.29 is 4.79 Å². The standard InChI is InChI=1S/C10H10BrIN2O/c11-4-7-3-10(15)14(6-7)9-1-2-13-5-8(9)12/h1-2,5,7H,3-4,6H2. The topological polar surface area (TPSA) is 33.2 Å². The van der Waals surface area contributed by atoms with E-state index in [2.05, 4.69) is 43.5 Å². The van der Waals surface area contributed by atoms with Crippen LogP contribution in [0.25, 0.3) is 0 Å². The molecule has 0 saturated carbocycles. The Hall–Kier alpha value is -0.170. The van der Waals surface area contributed by atoms with Gasteiger partial charge in [0.2, 0.25) is 5.91 Å². The molecule has 0 bridgehead atoms. The first-order chi connectivity index (χ1) is 7.22. The van der Waals surface area contributed by atoms with Crippen LogP contribution in [0.2, 0.25) is 0 Å². The quantitative estimate of drug-likeness (QED) is 0.583. The van der Waals surface area contributed by atoms with Crippen molar-refractivity contribution in [1.82, 2.24) is 4.98 Å². The minimum absolute atomic E-state index is 0.212. The molecule has 1 aliphatic heterocycles. The van der Waals surface area contributed by atoms with Crippen LogP contribution in [0.15, 0.2) is 18.5 Å². The van der Waals surface area contributed by atoms with Crippen LogP contribution in [0.3, 0.4) is 0 Å². The molecule has 1 fully saturated rings. The van der Waals surface area contributed by atoms with Crippen molar-refractivity contribution in [2.24, 2.45) is 5.92 Å². The minimum Gasteiger partial charge on any atom is -0.311 e. The first kappa shape index (κ1) is 11.3. The number of aromatic nitrogens is 1. The first-order valence-corrected chi connectivity index (χ1v) is 6.88. The summed E-state index contributed by atoms with van der Waals surface area (Å²) >= 11 is 5.64. The summed E-state index contributed by atoms with van der Waals surface area (Å²) in [5.74, 6) is 0.644. The number of pyridine rings is 1. The summed E-state index contributed by atoms with van der Waals surface area (Å²) in [5, 5.41) is 0.886. The van der Waals surface area contributed by atoms with Gasteiger partial charge in [-0.3, -0.25) is 9.78 Å². The van der Waals surface area contributed by atoms with Crippen molar-refractivity contribution in [2.75, 3.05) is 16.8 Å². The van der Waals surface area contributed by atoms with Crippen LogP contribution in [0.4, 0.5) is 5.69 Å². The van der Waals surface area contributed by atoms with E-state index in [1.54, 1.807) is 12.4 Å². The summed E-state index contributed by atoms with van der Waals surface area (Å²) in [4.78, 5) is 17.7. The second-order valence-corrected chi connectivity index (χ2v) is 5.37. The lowest BCUT2D eigenvalue weighted by Crippen LogP contribution is -2.25. The molecule has 2 heterocycles. The highest BCUT2D eigenvalue weighted by Gasteiger charge is 2.30. The maximum Gasteiger partial charge on any atom is 0.227 e. The molecule has 0 spiro atoms. The number of hydrogen-bond donors (Lipinski definition) is 0. The monoisotopic (exact) mass is 380 g/mol. The van der Waals surface area contributed by atoms with E-state index < -0.39 is 0 Å². The summed E-state index contributed by atoms with van der Waals surface area (Å²) < 4.78 is 1.03. The highest BCUT2D eigenvalue weighted by Crippen LogP contribution is 2.28. The van der Waals surface area contributed by atoms with Crippen molar-refractivity contribution >= 4 is 50.1 Å². The highest BCUT2D eigenvalue weighted by atomic mass is 127. The lowest BCUT2D eigenvalue weighted by atomic mass is 10.2. The lowest BCUT2D eigenvalue weighted by molar-refractivity contribution is -0.117. The Kier molecular flexibility index (Phi) is 3.60. The van der Waals surface area contributed by atoms with Gasteiger partial charge in [0, 0.05) is 30.7 Å². The second kappa shape index (κ2) is 4.78. The van der Waals surface area contributed by atoms with Gasteiger partial charge in [-0.05, 0) is 34.6 Å². The molecular formula is C10H10BrIN2O. The molecule has 1 aliphatic rings. The van der Waals surface area contributed by atoms with Gasteiger partial charge < -0.3 is 4.90 Å². The number of anilines is 1. The molecule has 1 aromatic heterocycles. The Morgan fingerprint density at radius 3 is 3.07 bits per heavy atom. The Balaban J connectivity index is 2.25. The first-order valence-electron chi connectivity index (χ1n) is 4.68. The number of carbonyl (C=O) groups is 1. The van der Waals surface area contributed by atoms with E-state index in [9.17, 15) is 4.79 Å². The van der Waals surface area contributed by atoms with Crippen molar-refractivity contribution in [3.05, 3.63) is 22.0 Å². The van der Waals surface area contributed by atoms with Gasteiger partial charge in [0.05, 0.1) is 9.26 Å². The summed E-state index contributed by atoms with van der Waals surface area (Å²) in [6, 6.07) is 1.90. The highest BCUT2D eigenvalue weighted by molar-refractivity contribution is 14.1.